The summed E-state index contributed by atoms with van der Waals surface area (Å²) in [7, 11) is 0. The molecule has 0 aliphatic carbocycles. The van der Waals surface area contributed by atoms with Gasteiger partial charge in [0, 0.05) is 6.54 Å². The molecule has 0 spiro atoms. The number of carbonyl (C=O) groups excluding carboxylic acids is 2. The lowest BCUT2D eigenvalue weighted by atomic mass is 10.1. The molecule has 0 aromatic heterocycles. The molecule has 1 aromatic rings. The first-order valence-corrected chi connectivity index (χ1v) is 7.21. The van der Waals surface area contributed by atoms with E-state index in [2.05, 4.69) is 4.74 Å². The van der Waals surface area contributed by atoms with Crippen molar-refractivity contribution in [1.82, 2.24) is 4.90 Å². The van der Waals surface area contributed by atoms with Gasteiger partial charge in [-0.05, 0) is 18.4 Å². The molecule has 4 nitrogen and oxygen atoms in total. The molecule has 23 heavy (non-hydrogen) atoms. The summed E-state index contributed by atoms with van der Waals surface area (Å²) in [6.45, 7) is 3.87. The zero-order chi connectivity index (χ0) is 17.6. The molecule has 0 aliphatic heterocycles. The van der Waals surface area contributed by atoms with Crippen molar-refractivity contribution in [3.8, 4) is 0 Å². The number of halogens is 3. The van der Waals surface area contributed by atoms with Crippen LogP contribution in [0.15, 0.2) is 30.3 Å². The number of ether oxygens (including phenoxy) is 1. The minimum absolute atomic E-state index is 0.0422. The highest BCUT2D eigenvalue weighted by molar-refractivity contribution is 6.32. The van der Waals surface area contributed by atoms with Gasteiger partial charge in [0.1, 0.15) is 0 Å². The first kappa shape index (κ1) is 19.0. The average molecular weight is 331 g/mol. The Bertz CT molecular complexity index is 529. The molecule has 0 saturated heterocycles. The standard InChI is InChI=1S/C16H20F3NO3/c1-11(2)9-20(12(3)13-7-5-4-6-8-13)14(21)15(22)23-10-16(17,18)19/h4-8,11-12H,9-10H2,1-3H3. The van der Waals surface area contributed by atoms with Crippen molar-refractivity contribution in [3.05, 3.63) is 35.9 Å². The largest absolute Gasteiger partial charge is 0.449 e. The Hall–Kier alpha value is -2.05. The van der Waals surface area contributed by atoms with Crippen molar-refractivity contribution in [2.24, 2.45) is 5.92 Å². The lowest BCUT2D eigenvalue weighted by Crippen LogP contribution is -2.42. The van der Waals surface area contributed by atoms with Crippen LogP contribution in [0.25, 0.3) is 0 Å². The van der Waals surface area contributed by atoms with Gasteiger partial charge < -0.3 is 9.64 Å². The second-order valence-electron chi connectivity index (χ2n) is 5.63. The molecule has 1 atom stereocenters. The van der Waals surface area contributed by atoms with Crippen LogP contribution < -0.4 is 0 Å². The summed E-state index contributed by atoms with van der Waals surface area (Å²) in [5, 5.41) is 0. The molecule has 128 valence electrons. The summed E-state index contributed by atoms with van der Waals surface area (Å²) in [4.78, 5) is 25.1. The van der Waals surface area contributed by atoms with Gasteiger partial charge in [0.05, 0.1) is 6.04 Å². The summed E-state index contributed by atoms with van der Waals surface area (Å²) in [5.41, 5.74) is 0.783. The zero-order valence-corrected chi connectivity index (χ0v) is 13.3. The number of alkyl halides is 3. The second-order valence-corrected chi connectivity index (χ2v) is 5.63. The quantitative estimate of drug-likeness (QED) is 0.614. The molecule has 0 heterocycles. The van der Waals surface area contributed by atoms with Crippen LogP contribution >= 0.6 is 0 Å². The minimum atomic E-state index is -4.66. The first-order valence-electron chi connectivity index (χ1n) is 7.21. The summed E-state index contributed by atoms with van der Waals surface area (Å²) >= 11 is 0. The van der Waals surface area contributed by atoms with Crippen molar-refractivity contribution >= 4 is 11.9 Å². The monoisotopic (exact) mass is 331 g/mol. The lowest BCUT2D eigenvalue weighted by molar-refractivity contribution is -0.190. The number of carbonyl (C=O) groups is 2. The Morgan fingerprint density at radius 2 is 1.70 bits per heavy atom. The molecule has 0 fully saturated rings. The van der Waals surface area contributed by atoms with Crippen LogP contribution in [-0.2, 0) is 14.3 Å². The molecular formula is C16H20F3NO3. The van der Waals surface area contributed by atoms with Crippen molar-refractivity contribution in [1.29, 1.82) is 0 Å². The third-order valence-electron chi connectivity index (χ3n) is 3.11. The maximum absolute atomic E-state index is 12.2. The third-order valence-corrected chi connectivity index (χ3v) is 3.11. The molecule has 0 N–H and O–H groups in total. The Kier molecular flexibility index (Phi) is 6.60. The normalized spacial score (nSPS) is 12.8. The van der Waals surface area contributed by atoms with Gasteiger partial charge in [0.15, 0.2) is 6.61 Å². The number of rotatable bonds is 5. The van der Waals surface area contributed by atoms with Crippen molar-refractivity contribution in [2.45, 2.75) is 33.0 Å². The maximum atomic E-state index is 12.2. The van der Waals surface area contributed by atoms with E-state index in [1.807, 2.05) is 19.9 Å². The van der Waals surface area contributed by atoms with Gasteiger partial charge >= 0.3 is 18.1 Å². The zero-order valence-electron chi connectivity index (χ0n) is 13.3. The second kappa shape index (κ2) is 7.99. The molecule has 1 unspecified atom stereocenters. The van der Waals surface area contributed by atoms with E-state index in [-0.39, 0.29) is 12.5 Å². The average Bonchev–Trinajstić information content (AvgIpc) is 2.49. The van der Waals surface area contributed by atoms with Crippen LogP contribution in [0, 0.1) is 5.92 Å². The van der Waals surface area contributed by atoms with Crippen LogP contribution in [0.3, 0.4) is 0 Å². The highest BCUT2D eigenvalue weighted by atomic mass is 19.4. The van der Waals surface area contributed by atoms with Gasteiger partial charge in [-0.3, -0.25) is 4.79 Å². The number of nitrogens with zero attached hydrogens (tertiary/aromatic N) is 1. The van der Waals surface area contributed by atoms with Crippen molar-refractivity contribution < 1.29 is 27.5 Å². The third kappa shape index (κ3) is 6.30. The fourth-order valence-corrected chi connectivity index (χ4v) is 2.05. The number of hydrogen-bond acceptors (Lipinski definition) is 3. The van der Waals surface area contributed by atoms with Crippen LogP contribution in [0.2, 0.25) is 0 Å². The molecule has 0 bridgehead atoms. The van der Waals surface area contributed by atoms with Crippen molar-refractivity contribution in [3.63, 3.8) is 0 Å². The number of hydrogen-bond donors (Lipinski definition) is 0. The van der Waals surface area contributed by atoms with Gasteiger partial charge in [-0.25, -0.2) is 4.79 Å². The Morgan fingerprint density at radius 1 is 1.13 bits per heavy atom. The van der Waals surface area contributed by atoms with E-state index >= 15 is 0 Å². The van der Waals surface area contributed by atoms with Gasteiger partial charge in [0.2, 0.25) is 0 Å². The molecule has 1 amide bonds. The van der Waals surface area contributed by atoms with Gasteiger partial charge in [-0.2, -0.15) is 13.2 Å². The fraction of sp³-hybridized carbons (Fsp3) is 0.500. The Balaban J connectivity index is 2.88. The number of benzene rings is 1. The molecule has 7 heteroatoms. The van der Waals surface area contributed by atoms with Gasteiger partial charge in [0.25, 0.3) is 0 Å². The minimum Gasteiger partial charge on any atom is -0.449 e. The van der Waals surface area contributed by atoms with Crippen LogP contribution in [-0.4, -0.2) is 36.1 Å². The van der Waals surface area contributed by atoms with E-state index in [0.29, 0.717) is 0 Å². The predicted octanol–water partition coefficient (Wildman–Crippen LogP) is 3.34. The molecule has 0 aliphatic rings. The highest BCUT2D eigenvalue weighted by Gasteiger charge is 2.34. The van der Waals surface area contributed by atoms with Crippen LogP contribution in [0.5, 0.6) is 0 Å². The smallest absolute Gasteiger partial charge is 0.422 e. The topological polar surface area (TPSA) is 46.6 Å². The van der Waals surface area contributed by atoms with Crippen molar-refractivity contribution in [2.75, 3.05) is 13.2 Å². The number of amides is 1. The molecule has 0 radical (unpaired) electrons. The summed E-state index contributed by atoms with van der Waals surface area (Å²) in [6, 6.07) is 8.49. The predicted molar refractivity (Wildman–Crippen MR) is 78.4 cm³/mol. The lowest BCUT2D eigenvalue weighted by Gasteiger charge is -2.30. The number of esters is 1. The molecular weight excluding hydrogens is 311 g/mol. The van der Waals surface area contributed by atoms with Gasteiger partial charge in [-0.15, -0.1) is 0 Å². The maximum Gasteiger partial charge on any atom is 0.422 e. The van der Waals surface area contributed by atoms with E-state index in [1.54, 1.807) is 31.2 Å². The van der Waals surface area contributed by atoms with Crippen LogP contribution in [0.4, 0.5) is 13.2 Å². The SMILES string of the molecule is CC(C)CN(C(=O)C(=O)OCC(F)(F)F)C(C)c1ccccc1. The van der Waals surface area contributed by atoms with Gasteiger partial charge in [-0.1, -0.05) is 44.2 Å². The van der Waals surface area contributed by atoms with E-state index < -0.39 is 30.7 Å². The Morgan fingerprint density at radius 3 is 2.17 bits per heavy atom. The molecule has 1 aromatic carbocycles. The summed E-state index contributed by atoms with van der Waals surface area (Å²) in [6.07, 6.45) is -4.66. The first-order chi connectivity index (χ1) is 10.6. The Labute approximate surface area is 133 Å². The van der Waals surface area contributed by atoms with E-state index in [0.717, 1.165) is 5.56 Å². The van der Waals surface area contributed by atoms with E-state index in [4.69, 9.17) is 0 Å². The van der Waals surface area contributed by atoms with E-state index in [1.165, 1.54) is 4.90 Å². The summed E-state index contributed by atoms with van der Waals surface area (Å²) < 4.78 is 40.4. The molecule has 1 rings (SSSR count). The highest BCUT2D eigenvalue weighted by Crippen LogP contribution is 2.22. The summed E-state index contributed by atoms with van der Waals surface area (Å²) in [5.74, 6) is -2.52. The van der Waals surface area contributed by atoms with Crippen LogP contribution in [0.1, 0.15) is 32.4 Å². The molecule has 0 saturated carbocycles. The van der Waals surface area contributed by atoms with E-state index in [9.17, 15) is 22.8 Å². The fourth-order valence-electron chi connectivity index (χ4n) is 2.05.